The minimum Gasteiger partial charge on any atom is -0.392 e. The number of nitrogens with one attached hydrogen (secondary N) is 1. The van der Waals surface area contributed by atoms with Crippen LogP contribution < -0.4 is 5.32 Å². The van der Waals surface area contributed by atoms with E-state index in [0.717, 1.165) is 28.2 Å². The van der Waals surface area contributed by atoms with Crippen molar-refractivity contribution in [1.82, 2.24) is 14.5 Å². The van der Waals surface area contributed by atoms with E-state index in [1.807, 2.05) is 48.1 Å². The summed E-state index contributed by atoms with van der Waals surface area (Å²) in [6, 6.07) is 14.3. The van der Waals surface area contributed by atoms with Gasteiger partial charge in [0, 0.05) is 43.3 Å². The Balaban J connectivity index is 1.41. The highest BCUT2D eigenvalue weighted by Crippen LogP contribution is 2.31. The van der Waals surface area contributed by atoms with Crippen molar-refractivity contribution in [2.45, 2.75) is 40.5 Å². The predicted octanol–water partition coefficient (Wildman–Crippen LogP) is 5.51. The molecule has 2 N–H and O–H groups in total. The van der Waals surface area contributed by atoms with Gasteiger partial charge in [0.15, 0.2) is 0 Å². The lowest BCUT2D eigenvalue weighted by Crippen LogP contribution is -2.39. The van der Waals surface area contributed by atoms with Crippen LogP contribution in [0.3, 0.4) is 0 Å². The normalized spacial score (nSPS) is 13.1. The summed E-state index contributed by atoms with van der Waals surface area (Å²) in [4.78, 5) is 19.6. The monoisotopic (exact) mass is 484 g/mol. The van der Waals surface area contributed by atoms with Gasteiger partial charge in [-0.05, 0) is 84.5 Å². The fraction of sp³-hybridized carbons (Fsp3) is 0.241. The highest BCUT2D eigenvalue weighted by molar-refractivity contribution is 5.95. The van der Waals surface area contributed by atoms with Gasteiger partial charge < -0.3 is 19.9 Å². The summed E-state index contributed by atoms with van der Waals surface area (Å²) in [6.07, 6.45) is 3.85. The van der Waals surface area contributed by atoms with Crippen LogP contribution in [0.15, 0.2) is 60.9 Å². The van der Waals surface area contributed by atoms with Gasteiger partial charge in [-0.1, -0.05) is 18.2 Å². The molecule has 3 heterocycles. The second-order valence-corrected chi connectivity index (χ2v) is 9.36. The van der Waals surface area contributed by atoms with Gasteiger partial charge in [0.2, 0.25) is 0 Å². The van der Waals surface area contributed by atoms with Gasteiger partial charge in [0.25, 0.3) is 5.91 Å². The first-order valence-electron chi connectivity index (χ1n) is 12.0. The molecule has 0 radical (unpaired) electrons. The average Bonchev–Trinajstić information content (AvgIpc) is 3.30. The number of carbonyl (C=O) groups is 1. The molecule has 1 aliphatic heterocycles. The third-order valence-corrected chi connectivity index (χ3v) is 7.00. The van der Waals surface area contributed by atoms with E-state index in [-0.39, 0.29) is 24.9 Å². The third-order valence-electron chi connectivity index (χ3n) is 7.00. The van der Waals surface area contributed by atoms with Crippen molar-refractivity contribution in [1.29, 1.82) is 0 Å². The maximum atomic E-state index is 13.8. The number of aryl methyl sites for hydroxylation is 2. The summed E-state index contributed by atoms with van der Waals surface area (Å²) in [5, 5.41) is 13.0. The third kappa shape index (κ3) is 4.50. The molecule has 7 heteroatoms. The summed E-state index contributed by atoms with van der Waals surface area (Å²) in [6.45, 7) is 7.38. The Bertz CT molecular complexity index is 1460. The first-order valence-corrected chi connectivity index (χ1v) is 12.0. The number of carbonyl (C=O) groups excluding carboxylic acids is 1. The second kappa shape index (κ2) is 9.59. The number of halogens is 1. The Kier molecular flexibility index (Phi) is 6.33. The fourth-order valence-corrected chi connectivity index (χ4v) is 4.69. The molecule has 2 aromatic heterocycles. The molecule has 1 amide bonds. The number of aromatic nitrogens is 2. The number of anilines is 2. The smallest absolute Gasteiger partial charge is 0.270 e. The van der Waals surface area contributed by atoms with Crippen molar-refractivity contribution in [2.24, 2.45) is 0 Å². The van der Waals surface area contributed by atoms with Crippen LogP contribution in [0.5, 0.6) is 0 Å². The molecule has 0 fully saturated rings. The van der Waals surface area contributed by atoms with E-state index in [0.29, 0.717) is 29.9 Å². The summed E-state index contributed by atoms with van der Waals surface area (Å²) in [5.41, 5.74) is 8.21. The standard InChI is InChI=1S/C29H29FN4O2/c1-18-5-4-6-26(20(18)3)32-28-13-25(19(2)14-31-28)23-12-27-29(36)34(10-9-33(27)16-23)15-22-11-24(30)8-7-21(22)17-35/h4-8,11-14,16,35H,9-10,15,17H2,1-3H3,(H,31,32). The summed E-state index contributed by atoms with van der Waals surface area (Å²) >= 11 is 0. The van der Waals surface area contributed by atoms with E-state index in [1.165, 1.54) is 23.3 Å². The molecule has 2 aromatic carbocycles. The van der Waals surface area contributed by atoms with Crippen LogP contribution in [0.25, 0.3) is 11.1 Å². The molecule has 0 spiro atoms. The molecule has 4 aromatic rings. The summed E-state index contributed by atoms with van der Waals surface area (Å²) in [5.74, 6) is 0.251. The van der Waals surface area contributed by atoms with Crippen molar-refractivity contribution >= 4 is 17.4 Å². The van der Waals surface area contributed by atoms with Crippen molar-refractivity contribution in [3.8, 4) is 11.1 Å². The number of nitrogens with zero attached hydrogens (tertiary/aromatic N) is 3. The zero-order chi connectivity index (χ0) is 25.4. The van der Waals surface area contributed by atoms with E-state index >= 15 is 0 Å². The summed E-state index contributed by atoms with van der Waals surface area (Å²) in [7, 11) is 0. The van der Waals surface area contributed by atoms with Gasteiger partial charge in [-0.2, -0.15) is 0 Å². The maximum absolute atomic E-state index is 13.8. The SMILES string of the molecule is Cc1cnc(Nc2cccc(C)c2C)cc1-c1cc2n(c1)CCN(Cc1cc(F)ccc1CO)C2=O. The second-order valence-electron chi connectivity index (χ2n) is 9.36. The number of aliphatic hydroxyl groups excluding tert-OH is 1. The van der Waals surface area contributed by atoms with Gasteiger partial charge in [-0.25, -0.2) is 9.37 Å². The van der Waals surface area contributed by atoms with Crippen molar-refractivity contribution < 1.29 is 14.3 Å². The van der Waals surface area contributed by atoms with E-state index in [9.17, 15) is 14.3 Å². The molecule has 6 nitrogen and oxygen atoms in total. The highest BCUT2D eigenvalue weighted by Gasteiger charge is 2.26. The van der Waals surface area contributed by atoms with Crippen LogP contribution >= 0.6 is 0 Å². The number of hydrogen-bond acceptors (Lipinski definition) is 4. The number of hydrogen-bond donors (Lipinski definition) is 2. The molecular weight excluding hydrogens is 455 g/mol. The predicted molar refractivity (Wildman–Crippen MR) is 139 cm³/mol. The number of pyridine rings is 1. The van der Waals surface area contributed by atoms with Gasteiger partial charge in [-0.15, -0.1) is 0 Å². The fourth-order valence-electron chi connectivity index (χ4n) is 4.69. The summed E-state index contributed by atoms with van der Waals surface area (Å²) < 4.78 is 15.8. The maximum Gasteiger partial charge on any atom is 0.270 e. The molecule has 0 aliphatic carbocycles. The lowest BCUT2D eigenvalue weighted by Gasteiger charge is -2.29. The number of rotatable bonds is 6. The molecule has 0 atom stereocenters. The van der Waals surface area contributed by atoms with Crippen LogP contribution in [0, 0.1) is 26.6 Å². The van der Waals surface area contributed by atoms with Crippen LogP contribution in [0.1, 0.15) is 38.3 Å². The first kappa shape index (κ1) is 23.8. The number of fused-ring (bicyclic) bond motifs is 1. The molecule has 0 unspecified atom stereocenters. The van der Waals surface area contributed by atoms with Crippen LogP contribution in [-0.4, -0.2) is 32.0 Å². The van der Waals surface area contributed by atoms with Gasteiger partial charge in [0.1, 0.15) is 17.3 Å². The Morgan fingerprint density at radius 1 is 1.03 bits per heavy atom. The number of aliphatic hydroxyl groups is 1. The van der Waals surface area contributed by atoms with Crippen molar-refractivity contribution in [3.63, 3.8) is 0 Å². The topological polar surface area (TPSA) is 70.4 Å². The zero-order valence-electron chi connectivity index (χ0n) is 20.7. The minimum atomic E-state index is -0.379. The Morgan fingerprint density at radius 3 is 2.67 bits per heavy atom. The molecule has 1 aliphatic rings. The number of benzene rings is 2. The Hall–Kier alpha value is -3.97. The molecule has 0 saturated heterocycles. The van der Waals surface area contributed by atoms with Crippen LogP contribution in [0.2, 0.25) is 0 Å². The molecule has 0 bridgehead atoms. The van der Waals surface area contributed by atoms with Crippen molar-refractivity contribution in [3.05, 3.63) is 100 Å². The van der Waals surface area contributed by atoms with Crippen molar-refractivity contribution in [2.75, 3.05) is 11.9 Å². The van der Waals surface area contributed by atoms with Crippen LogP contribution in [-0.2, 0) is 19.7 Å². The first-order chi connectivity index (χ1) is 17.3. The van der Waals surface area contributed by atoms with Crippen LogP contribution in [0.4, 0.5) is 15.9 Å². The molecule has 36 heavy (non-hydrogen) atoms. The molecule has 184 valence electrons. The molecule has 0 saturated carbocycles. The van der Waals surface area contributed by atoms with Gasteiger partial charge in [0.05, 0.1) is 6.61 Å². The molecular formula is C29H29FN4O2. The van der Waals surface area contributed by atoms with E-state index in [2.05, 4.69) is 30.2 Å². The quantitative estimate of drug-likeness (QED) is 0.379. The Labute approximate surface area is 210 Å². The highest BCUT2D eigenvalue weighted by atomic mass is 19.1. The lowest BCUT2D eigenvalue weighted by atomic mass is 10.0. The van der Waals surface area contributed by atoms with E-state index in [4.69, 9.17) is 0 Å². The van der Waals surface area contributed by atoms with E-state index in [1.54, 1.807) is 11.0 Å². The lowest BCUT2D eigenvalue weighted by molar-refractivity contribution is 0.0689. The average molecular weight is 485 g/mol. The zero-order valence-corrected chi connectivity index (χ0v) is 20.7. The van der Waals surface area contributed by atoms with Gasteiger partial charge in [-0.3, -0.25) is 4.79 Å². The largest absolute Gasteiger partial charge is 0.392 e. The van der Waals surface area contributed by atoms with E-state index < -0.39 is 0 Å². The molecule has 5 rings (SSSR count). The number of amides is 1. The van der Waals surface area contributed by atoms with Gasteiger partial charge >= 0.3 is 0 Å². The minimum absolute atomic E-state index is 0.110. The Morgan fingerprint density at radius 2 is 1.86 bits per heavy atom.